The molecule has 0 spiro atoms. The van der Waals surface area contributed by atoms with Crippen LogP contribution in [0.3, 0.4) is 0 Å². The summed E-state index contributed by atoms with van der Waals surface area (Å²) in [6, 6.07) is 9.97. The first-order valence-electron chi connectivity index (χ1n) is 7.16. The van der Waals surface area contributed by atoms with Crippen LogP contribution in [0.4, 0.5) is 16.6 Å². The number of hydrogen-bond donors (Lipinski definition) is 2. The van der Waals surface area contributed by atoms with Gasteiger partial charge in [-0.25, -0.2) is 4.98 Å². The average Bonchev–Trinajstić information content (AvgIpc) is 2.88. The van der Waals surface area contributed by atoms with Crippen LogP contribution in [-0.2, 0) is 0 Å². The molecule has 4 heteroatoms. The third-order valence-electron chi connectivity index (χ3n) is 3.39. The molecule has 0 aliphatic carbocycles. The van der Waals surface area contributed by atoms with Crippen molar-refractivity contribution in [2.24, 2.45) is 0 Å². The van der Waals surface area contributed by atoms with Gasteiger partial charge in [-0.15, -0.1) is 0 Å². The molecule has 22 heavy (non-hydrogen) atoms. The van der Waals surface area contributed by atoms with E-state index in [4.69, 9.17) is 5.73 Å². The molecular formula is C18H21N3S. The Morgan fingerprint density at radius 3 is 2.73 bits per heavy atom. The predicted octanol–water partition coefficient (Wildman–Crippen LogP) is 5.26. The van der Waals surface area contributed by atoms with Gasteiger partial charge in [-0.1, -0.05) is 72.9 Å². The second-order valence-electron chi connectivity index (χ2n) is 5.01. The lowest BCUT2D eigenvalue weighted by Gasteiger charge is -2.09. The summed E-state index contributed by atoms with van der Waals surface area (Å²) in [7, 11) is 0. The van der Waals surface area contributed by atoms with Crippen LogP contribution in [0.15, 0.2) is 66.8 Å². The fourth-order valence-corrected chi connectivity index (χ4v) is 3.02. The van der Waals surface area contributed by atoms with Gasteiger partial charge in [0.25, 0.3) is 0 Å². The van der Waals surface area contributed by atoms with E-state index >= 15 is 0 Å². The lowest BCUT2D eigenvalue weighted by atomic mass is 10.0. The maximum Gasteiger partial charge on any atom is 0.189 e. The van der Waals surface area contributed by atoms with E-state index in [0.717, 1.165) is 15.7 Å². The zero-order valence-corrected chi connectivity index (χ0v) is 13.7. The number of hydrogen-bond acceptors (Lipinski definition) is 4. The monoisotopic (exact) mass is 311 g/mol. The van der Waals surface area contributed by atoms with Gasteiger partial charge in [0, 0.05) is 11.6 Å². The molecule has 1 aromatic heterocycles. The van der Waals surface area contributed by atoms with E-state index in [0.29, 0.717) is 5.82 Å². The van der Waals surface area contributed by atoms with Crippen molar-refractivity contribution in [3.05, 3.63) is 71.7 Å². The lowest BCUT2D eigenvalue weighted by Crippen LogP contribution is -1.97. The van der Waals surface area contributed by atoms with Gasteiger partial charge >= 0.3 is 0 Å². The van der Waals surface area contributed by atoms with Crippen LogP contribution in [0.2, 0.25) is 0 Å². The molecule has 1 aromatic carbocycles. The van der Waals surface area contributed by atoms with E-state index in [1.54, 1.807) is 17.4 Å². The molecule has 3 N–H and O–H groups in total. The molecule has 114 valence electrons. The first-order valence-corrected chi connectivity index (χ1v) is 7.97. The Morgan fingerprint density at radius 2 is 2.05 bits per heavy atom. The third-order valence-corrected chi connectivity index (χ3v) is 4.56. The highest BCUT2D eigenvalue weighted by Crippen LogP contribution is 2.36. The van der Waals surface area contributed by atoms with Gasteiger partial charge in [0.05, 0.1) is 4.88 Å². The summed E-state index contributed by atoms with van der Waals surface area (Å²) in [6.07, 6.45) is 7.74. The van der Waals surface area contributed by atoms with E-state index in [-0.39, 0.29) is 5.92 Å². The molecular weight excluding hydrogens is 290 g/mol. The van der Waals surface area contributed by atoms with Crippen LogP contribution in [0, 0.1) is 0 Å². The Bertz CT molecular complexity index is 684. The minimum atomic E-state index is 0.235. The third kappa shape index (κ3) is 4.09. The van der Waals surface area contributed by atoms with Crippen LogP contribution >= 0.6 is 11.3 Å². The van der Waals surface area contributed by atoms with Crippen LogP contribution in [0.1, 0.15) is 24.6 Å². The maximum atomic E-state index is 6.09. The fraction of sp³-hybridized carbons (Fsp3) is 0.167. The van der Waals surface area contributed by atoms with Gasteiger partial charge in [0.2, 0.25) is 0 Å². The standard InChI is InChI=1S/C18H21N3S/c1-4-5-7-10-13(2)14(3)16-17(19)21-18(22-16)20-15-11-8-6-9-12-15/h4-12,14H,1,19H2,2-3H3,(H,20,21)/b7-5-,13-10+. The quantitative estimate of drug-likeness (QED) is 0.715. The predicted molar refractivity (Wildman–Crippen MR) is 97.8 cm³/mol. The zero-order valence-electron chi connectivity index (χ0n) is 12.9. The Hall–Kier alpha value is -2.33. The second kappa shape index (κ2) is 7.61. The first-order chi connectivity index (χ1) is 10.6. The molecule has 1 atom stereocenters. The Labute approximate surface area is 135 Å². The smallest absolute Gasteiger partial charge is 0.189 e. The van der Waals surface area contributed by atoms with Crippen LogP contribution < -0.4 is 11.1 Å². The van der Waals surface area contributed by atoms with E-state index in [1.165, 1.54) is 5.57 Å². The van der Waals surface area contributed by atoms with Gasteiger partial charge in [-0.05, 0) is 19.1 Å². The number of benzene rings is 1. The van der Waals surface area contributed by atoms with Crippen molar-refractivity contribution < 1.29 is 0 Å². The molecule has 2 aromatic rings. The summed E-state index contributed by atoms with van der Waals surface area (Å²) in [5.74, 6) is 0.828. The molecule has 0 fully saturated rings. The minimum Gasteiger partial charge on any atom is -0.383 e. The summed E-state index contributed by atoms with van der Waals surface area (Å²) in [5, 5.41) is 4.11. The molecule has 1 heterocycles. The number of anilines is 3. The van der Waals surface area contributed by atoms with Crippen molar-refractivity contribution in [2.75, 3.05) is 11.1 Å². The molecule has 0 aliphatic heterocycles. The number of nitrogens with one attached hydrogen (secondary N) is 1. The molecule has 0 amide bonds. The summed E-state index contributed by atoms with van der Waals surface area (Å²) in [6.45, 7) is 7.91. The number of para-hydroxylation sites is 1. The van der Waals surface area contributed by atoms with Crippen LogP contribution in [0.5, 0.6) is 0 Å². The van der Waals surface area contributed by atoms with Crippen molar-refractivity contribution in [3.8, 4) is 0 Å². The topological polar surface area (TPSA) is 50.9 Å². The summed E-state index contributed by atoms with van der Waals surface area (Å²) >= 11 is 1.60. The van der Waals surface area contributed by atoms with Crippen LogP contribution in [-0.4, -0.2) is 4.98 Å². The average molecular weight is 311 g/mol. The first kappa shape index (κ1) is 16.0. The summed E-state index contributed by atoms with van der Waals surface area (Å²) in [5.41, 5.74) is 8.33. The Kier molecular flexibility index (Phi) is 5.55. The largest absolute Gasteiger partial charge is 0.383 e. The lowest BCUT2D eigenvalue weighted by molar-refractivity contribution is 0.915. The number of nitrogen functional groups attached to an aromatic ring is 1. The van der Waals surface area contributed by atoms with E-state index in [9.17, 15) is 0 Å². The number of rotatable bonds is 6. The molecule has 0 saturated carbocycles. The van der Waals surface area contributed by atoms with Crippen molar-refractivity contribution in [2.45, 2.75) is 19.8 Å². The van der Waals surface area contributed by atoms with Crippen molar-refractivity contribution in [3.63, 3.8) is 0 Å². The number of allylic oxidation sites excluding steroid dienone is 5. The maximum absolute atomic E-state index is 6.09. The minimum absolute atomic E-state index is 0.235. The van der Waals surface area contributed by atoms with Crippen molar-refractivity contribution in [1.82, 2.24) is 4.98 Å². The number of thiazole rings is 1. The number of nitrogens with zero attached hydrogens (tertiary/aromatic N) is 1. The van der Waals surface area contributed by atoms with Gasteiger partial charge in [0.1, 0.15) is 5.82 Å². The second-order valence-corrected chi connectivity index (χ2v) is 6.04. The normalized spacial score (nSPS) is 13.3. The highest BCUT2D eigenvalue weighted by Gasteiger charge is 2.16. The summed E-state index contributed by atoms with van der Waals surface area (Å²) in [4.78, 5) is 5.51. The van der Waals surface area contributed by atoms with Gasteiger partial charge in [-0.2, -0.15) is 0 Å². The van der Waals surface area contributed by atoms with E-state index < -0.39 is 0 Å². The van der Waals surface area contributed by atoms with Crippen LogP contribution in [0.25, 0.3) is 0 Å². The number of aromatic nitrogens is 1. The summed E-state index contributed by atoms with van der Waals surface area (Å²) < 4.78 is 0. The van der Waals surface area contributed by atoms with Gasteiger partial charge in [-0.3, -0.25) is 0 Å². The fourth-order valence-electron chi connectivity index (χ4n) is 1.99. The Balaban J connectivity index is 2.17. The molecule has 0 bridgehead atoms. The van der Waals surface area contributed by atoms with E-state index in [2.05, 4.69) is 36.8 Å². The van der Waals surface area contributed by atoms with Crippen molar-refractivity contribution in [1.29, 1.82) is 0 Å². The zero-order chi connectivity index (χ0) is 15.9. The van der Waals surface area contributed by atoms with E-state index in [1.807, 2.05) is 42.5 Å². The molecule has 1 unspecified atom stereocenters. The molecule has 0 radical (unpaired) electrons. The Morgan fingerprint density at radius 1 is 1.32 bits per heavy atom. The molecule has 0 saturated heterocycles. The van der Waals surface area contributed by atoms with Crippen molar-refractivity contribution >= 4 is 28.0 Å². The molecule has 0 aliphatic rings. The SMILES string of the molecule is C=C/C=C\C=C(/C)C(C)c1sc(Nc2ccccc2)nc1N. The number of nitrogens with two attached hydrogens (primary N) is 1. The molecule has 3 nitrogen and oxygen atoms in total. The highest BCUT2D eigenvalue weighted by atomic mass is 32.1. The molecule has 2 rings (SSSR count). The highest BCUT2D eigenvalue weighted by molar-refractivity contribution is 7.16. The van der Waals surface area contributed by atoms with Gasteiger partial charge < -0.3 is 11.1 Å². The van der Waals surface area contributed by atoms with Gasteiger partial charge in [0.15, 0.2) is 5.13 Å².